The first-order valence-corrected chi connectivity index (χ1v) is 17.5. The van der Waals surface area contributed by atoms with Crippen molar-refractivity contribution in [2.24, 2.45) is 0 Å². The zero-order valence-electron chi connectivity index (χ0n) is 27.3. The lowest BCUT2D eigenvalue weighted by Crippen LogP contribution is -2.49. The van der Waals surface area contributed by atoms with E-state index in [1.807, 2.05) is 30.3 Å². The molecule has 0 radical (unpaired) electrons. The fourth-order valence-electron chi connectivity index (χ4n) is 6.61. The van der Waals surface area contributed by atoms with Crippen LogP contribution in [-0.4, -0.2) is 103 Å². The van der Waals surface area contributed by atoms with Crippen molar-refractivity contribution in [1.29, 1.82) is 0 Å². The van der Waals surface area contributed by atoms with E-state index < -0.39 is 0 Å². The number of carbonyl (C=O) groups excluding carboxylic acids is 1. The van der Waals surface area contributed by atoms with Crippen molar-refractivity contribution >= 4 is 39.2 Å². The molecule has 0 bridgehead atoms. The summed E-state index contributed by atoms with van der Waals surface area (Å²) in [7, 11) is 0. The van der Waals surface area contributed by atoms with Crippen LogP contribution >= 0.6 is 11.3 Å². The standard InChI is InChI=1S/C35H43N7O4S/c1-25-21-30(32-31(22-25)47-26(2)36-32)42-11-9-28-29(23-42)37-34(45-18-6-10-39-16-19-44-20-17-39)38-33(28)40-12-14-41(15-13-40)35(43)46-24-27-7-4-3-5-8-27/h3-5,7-8,21-22H,6,9-20,23-24H2,1-2H3. The number of fused-ring (bicyclic) bond motifs is 2. The molecule has 4 aromatic rings. The minimum Gasteiger partial charge on any atom is -0.463 e. The summed E-state index contributed by atoms with van der Waals surface area (Å²) in [6.07, 6.45) is 1.44. The molecular weight excluding hydrogens is 614 g/mol. The molecule has 2 aromatic heterocycles. The molecule has 0 atom stereocenters. The predicted octanol–water partition coefficient (Wildman–Crippen LogP) is 4.83. The van der Waals surface area contributed by atoms with E-state index in [0.717, 1.165) is 85.5 Å². The highest BCUT2D eigenvalue weighted by Gasteiger charge is 2.30. The van der Waals surface area contributed by atoms with Crippen LogP contribution in [0.4, 0.5) is 16.3 Å². The lowest BCUT2D eigenvalue weighted by atomic mass is 10.0. The highest BCUT2D eigenvalue weighted by Crippen LogP contribution is 2.36. The number of piperazine rings is 1. The predicted molar refractivity (Wildman–Crippen MR) is 184 cm³/mol. The first kappa shape index (κ1) is 31.6. The van der Waals surface area contributed by atoms with Gasteiger partial charge in [0.15, 0.2) is 0 Å². The number of rotatable bonds is 9. The van der Waals surface area contributed by atoms with Crippen LogP contribution in [0.25, 0.3) is 10.2 Å². The largest absolute Gasteiger partial charge is 0.463 e. The molecule has 47 heavy (non-hydrogen) atoms. The average molecular weight is 658 g/mol. The Morgan fingerprint density at radius 3 is 2.55 bits per heavy atom. The maximum absolute atomic E-state index is 12.9. The third-order valence-corrected chi connectivity index (χ3v) is 10.0. The Bertz CT molecular complexity index is 1690. The normalized spacial score (nSPS) is 17.2. The molecule has 11 nitrogen and oxygen atoms in total. The lowest BCUT2D eigenvalue weighted by molar-refractivity contribution is 0.0356. The number of thiazole rings is 1. The number of aromatic nitrogens is 3. The van der Waals surface area contributed by atoms with Crippen molar-refractivity contribution in [3.05, 3.63) is 69.9 Å². The van der Waals surface area contributed by atoms with E-state index in [1.54, 1.807) is 16.2 Å². The van der Waals surface area contributed by atoms with Crippen LogP contribution in [0, 0.1) is 13.8 Å². The summed E-state index contributed by atoms with van der Waals surface area (Å²) in [5.74, 6) is 0.925. The van der Waals surface area contributed by atoms with Gasteiger partial charge >= 0.3 is 12.1 Å². The number of hydrogen-bond acceptors (Lipinski definition) is 11. The molecule has 2 fully saturated rings. The molecule has 0 saturated carbocycles. The molecule has 0 aliphatic carbocycles. The molecule has 0 unspecified atom stereocenters. The van der Waals surface area contributed by atoms with Gasteiger partial charge in [-0.15, -0.1) is 11.3 Å². The summed E-state index contributed by atoms with van der Waals surface area (Å²) in [5, 5.41) is 1.07. The van der Waals surface area contributed by atoms with Gasteiger partial charge in [-0.1, -0.05) is 30.3 Å². The van der Waals surface area contributed by atoms with Gasteiger partial charge < -0.3 is 28.9 Å². The Morgan fingerprint density at radius 1 is 0.936 bits per heavy atom. The quantitative estimate of drug-likeness (QED) is 0.233. The fourth-order valence-corrected chi connectivity index (χ4v) is 7.55. The number of hydrogen-bond donors (Lipinski definition) is 0. The zero-order valence-corrected chi connectivity index (χ0v) is 28.1. The van der Waals surface area contributed by atoms with Gasteiger partial charge in [0.05, 0.1) is 47.5 Å². The summed E-state index contributed by atoms with van der Waals surface area (Å²) in [5.41, 5.74) is 6.59. The third-order valence-electron chi connectivity index (χ3n) is 9.09. The molecule has 248 valence electrons. The SMILES string of the molecule is Cc1cc(N2CCc3c(nc(OCCCN4CCOCC4)nc3N3CCN(C(=O)OCc4ccccc4)CC3)C2)c2nc(C)sc2c1. The topological polar surface area (TPSA) is 96.4 Å². The molecule has 3 aliphatic heterocycles. The minimum absolute atomic E-state index is 0.274. The number of morpholine rings is 1. The Hall–Kier alpha value is -4.00. The summed E-state index contributed by atoms with van der Waals surface area (Å²) < 4.78 is 18.6. The number of amides is 1. The molecule has 1 amide bonds. The summed E-state index contributed by atoms with van der Waals surface area (Å²) in [6.45, 7) is 13.5. The number of anilines is 2. The Kier molecular flexibility index (Phi) is 9.68. The first-order valence-electron chi connectivity index (χ1n) is 16.7. The second-order valence-corrected chi connectivity index (χ2v) is 13.7. The maximum Gasteiger partial charge on any atom is 0.410 e. The first-order chi connectivity index (χ1) is 23.0. The van der Waals surface area contributed by atoms with Crippen LogP contribution < -0.4 is 14.5 Å². The van der Waals surface area contributed by atoms with Crippen LogP contribution in [0.1, 0.15) is 33.8 Å². The van der Waals surface area contributed by atoms with Crippen molar-refractivity contribution in [3.63, 3.8) is 0 Å². The molecule has 2 saturated heterocycles. The fraction of sp³-hybridized carbons (Fsp3) is 0.486. The van der Waals surface area contributed by atoms with Gasteiger partial charge in [-0.05, 0) is 49.9 Å². The van der Waals surface area contributed by atoms with E-state index in [2.05, 4.69) is 40.7 Å². The molecule has 5 heterocycles. The van der Waals surface area contributed by atoms with Crippen molar-refractivity contribution < 1.29 is 19.0 Å². The maximum atomic E-state index is 12.9. The van der Waals surface area contributed by atoms with Gasteiger partial charge in [-0.25, -0.2) is 9.78 Å². The average Bonchev–Trinajstić information content (AvgIpc) is 3.48. The van der Waals surface area contributed by atoms with Crippen molar-refractivity contribution in [3.8, 4) is 6.01 Å². The van der Waals surface area contributed by atoms with Gasteiger partial charge in [0.25, 0.3) is 0 Å². The van der Waals surface area contributed by atoms with E-state index >= 15 is 0 Å². The van der Waals surface area contributed by atoms with Gasteiger partial charge in [0, 0.05) is 57.9 Å². The van der Waals surface area contributed by atoms with Gasteiger partial charge in [0.2, 0.25) is 0 Å². The second kappa shape index (κ2) is 14.4. The van der Waals surface area contributed by atoms with Crippen molar-refractivity contribution in [2.45, 2.75) is 39.8 Å². The van der Waals surface area contributed by atoms with Crippen LogP contribution in [-0.2, 0) is 29.0 Å². The Labute approximate surface area is 280 Å². The van der Waals surface area contributed by atoms with Crippen LogP contribution in [0.15, 0.2) is 42.5 Å². The number of aryl methyl sites for hydroxylation is 2. The number of benzene rings is 2. The summed E-state index contributed by atoms with van der Waals surface area (Å²) in [4.78, 5) is 36.6. The smallest absolute Gasteiger partial charge is 0.410 e. The van der Waals surface area contributed by atoms with Crippen LogP contribution in [0.2, 0.25) is 0 Å². The minimum atomic E-state index is -0.278. The molecule has 3 aliphatic rings. The molecular formula is C35H43N7O4S. The number of ether oxygens (including phenoxy) is 3. The highest BCUT2D eigenvalue weighted by atomic mass is 32.1. The van der Waals surface area contributed by atoms with Crippen molar-refractivity contribution in [2.75, 3.05) is 82.0 Å². The van der Waals surface area contributed by atoms with Gasteiger partial charge in [-0.3, -0.25) is 4.90 Å². The summed E-state index contributed by atoms with van der Waals surface area (Å²) in [6, 6.07) is 14.7. The van der Waals surface area contributed by atoms with Crippen LogP contribution in [0.3, 0.4) is 0 Å². The van der Waals surface area contributed by atoms with E-state index in [9.17, 15) is 4.79 Å². The van der Waals surface area contributed by atoms with Gasteiger partial charge in [0.1, 0.15) is 17.9 Å². The van der Waals surface area contributed by atoms with Crippen LogP contribution in [0.5, 0.6) is 6.01 Å². The van der Waals surface area contributed by atoms with E-state index in [4.69, 9.17) is 29.2 Å². The number of nitrogens with zero attached hydrogens (tertiary/aromatic N) is 7. The van der Waals surface area contributed by atoms with E-state index in [-0.39, 0.29) is 12.7 Å². The third kappa shape index (κ3) is 7.45. The highest BCUT2D eigenvalue weighted by molar-refractivity contribution is 7.18. The van der Waals surface area contributed by atoms with Crippen molar-refractivity contribution in [1.82, 2.24) is 24.8 Å². The van der Waals surface area contributed by atoms with E-state index in [1.165, 1.54) is 15.8 Å². The number of carbonyl (C=O) groups is 1. The Morgan fingerprint density at radius 2 is 1.74 bits per heavy atom. The molecule has 2 aromatic carbocycles. The molecule has 0 spiro atoms. The van der Waals surface area contributed by atoms with E-state index in [0.29, 0.717) is 45.3 Å². The molecule has 0 N–H and O–H groups in total. The summed E-state index contributed by atoms with van der Waals surface area (Å²) >= 11 is 1.74. The van der Waals surface area contributed by atoms with Gasteiger partial charge in [-0.2, -0.15) is 9.97 Å². The molecule has 12 heteroatoms. The zero-order chi connectivity index (χ0) is 32.2. The lowest BCUT2D eigenvalue weighted by Gasteiger charge is -2.37. The second-order valence-electron chi connectivity index (χ2n) is 12.5. The molecule has 7 rings (SSSR count). The monoisotopic (exact) mass is 657 g/mol. The Balaban J connectivity index is 1.07.